The molecule has 28 heavy (non-hydrogen) atoms. The molecule has 0 radical (unpaired) electrons. The molecule has 140 valence electrons. The zero-order chi connectivity index (χ0) is 19.5. The molecule has 0 unspecified atom stereocenters. The molecule has 0 bridgehead atoms. The molecule has 3 heterocycles. The summed E-state index contributed by atoms with van der Waals surface area (Å²) in [5.74, 6) is 1.10. The number of thioether (sulfide) groups is 1. The predicted molar refractivity (Wildman–Crippen MR) is 106 cm³/mol. The molecular formula is C20H16N4O3S. The second-order valence-electron chi connectivity index (χ2n) is 6.10. The van der Waals surface area contributed by atoms with Crippen molar-refractivity contribution in [2.24, 2.45) is 0 Å². The highest BCUT2D eigenvalue weighted by Gasteiger charge is 2.17. The minimum atomic E-state index is -0.473. The average molecular weight is 392 g/mol. The van der Waals surface area contributed by atoms with Gasteiger partial charge in [-0.15, -0.1) is 10.2 Å². The van der Waals surface area contributed by atoms with Gasteiger partial charge >= 0.3 is 0 Å². The maximum absolute atomic E-state index is 11.6. The van der Waals surface area contributed by atoms with E-state index in [1.807, 2.05) is 47.9 Å². The first kappa shape index (κ1) is 18.0. The fraction of sp³-hybridized carbons (Fsp3) is 0.100. The molecule has 0 amide bonds. The van der Waals surface area contributed by atoms with Gasteiger partial charge in [0.05, 0.1) is 5.75 Å². The first-order valence-electron chi connectivity index (χ1n) is 8.48. The third kappa shape index (κ3) is 3.67. The predicted octanol–water partition coefficient (Wildman–Crippen LogP) is 3.59. The Morgan fingerprint density at radius 2 is 1.86 bits per heavy atom. The number of nitrogens with zero attached hydrogens (tertiary/aromatic N) is 4. The molecule has 4 rings (SSSR count). The van der Waals surface area contributed by atoms with Gasteiger partial charge in [-0.3, -0.25) is 14.3 Å². The van der Waals surface area contributed by atoms with Crippen molar-refractivity contribution >= 4 is 11.8 Å². The number of hydrogen-bond donors (Lipinski definition) is 1. The maximum Gasteiger partial charge on any atom is 0.226 e. The topological polar surface area (TPSA) is 94.0 Å². The van der Waals surface area contributed by atoms with Crippen LogP contribution in [0.15, 0.2) is 75.5 Å². The fourth-order valence-electron chi connectivity index (χ4n) is 2.63. The summed E-state index contributed by atoms with van der Waals surface area (Å²) in [5.41, 5.74) is 2.50. The van der Waals surface area contributed by atoms with Gasteiger partial charge in [-0.05, 0) is 31.2 Å². The van der Waals surface area contributed by atoms with E-state index in [1.165, 1.54) is 17.8 Å². The maximum atomic E-state index is 11.6. The van der Waals surface area contributed by atoms with Gasteiger partial charge < -0.3 is 9.52 Å². The summed E-state index contributed by atoms with van der Waals surface area (Å²) in [6.07, 6.45) is 4.47. The number of aromatic hydroxyl groups is 1. The number of pyridine rings is 1. The summed E-state index contributed by atoms with van der Waals surface area (Å²) in [4.78, 5) is 15.7. The molecule has 0 fully saturated rings. The molecular weight excluding hydrogens is 376 g/mol. The molecule has 0 saturated carbocycles. The van der Waals surface area contributed by atoms with E-state index in [0.29, 0.717) is 22.5 Å². The van der Waals surface area contributed by atoms with Crippen molar-refractivity contribution in [1.29, 1.82) is 0 Å². The third-order valence-corrected chi connectivity index (χ3v) is 5.03. The van der Waals surface area contributed by atoms with E-state index in [1.54, 1.807) is 12.4 Å². The molecule has 3 aromatic heterocycles. The van der Waals surface area contributed by atoms with Crippen molar-refractivity contribution in [2.75, 3.05) is 0 Å². The minimum absolute atomic E-state index is 0.371. The molecule has 7 nitrogen and oxygen atoms in total. The number of rotatable bonds is 5. The van der Waals surface area contributed by atoms with Crippen LogP contribution in [-0.2, 0) is 5.75 Å². The second-order valence-corrected chi connectivity index (χ2v) is 7.04. The Morgan fingerprint density at radius 1 is 1.11 bits per heavy atom. The number of benzene rings is 1. The van der Waals surface area contributed by atoms with Crippen molar-refractivity contribution in [3.8, 4) is 22.8 Å². The summed E-state index contributed by atoms with van der Waals surface area (Å²) in [6, 6.07) is 13.1. The molecule has 4 aromatic rings. The summed E-state index contributed by atoms with van der Waals surface area (Å²) < 4.78 is 7.23. The zero-order valence-corrected chi connectivity index (χ0v) is 15.8. The Balaban J connectivity index is 1.72. The Labute approximate surface area is 164 Å². The quantitative estimate of drug-likeness (QED) is 0.519. The zero-order valence-electron chi connectivity index (χ0n) is 14.9. The molecule has 0 aliphatic rings. The number of hydrogen-bond acceptors (Lipinski definition) is 7. The Bertz CT molecular complexity index is 1150. The van der Waals surface area contributed by atoms with Crippen LogP contribution in [0.2, 0.25) is 0 Å². The van der Waals surface area contributed by atoms with Crippen molar-refractivity contribution in [1.82, 2.24) is 19.7 Å². The molecule has 0 spiro atoms. The highest BCUT2D eigenvalue weighted by atomic mass is 32.2. The van der Waals surface area contributed by atoms with Crippen LogP contribution in [0.5, 0.6) is 5.75 Å². The first-order chi connectivity index (χ1) is 13.6. The Morgan fingerprint density at radius 3 is 2.57 bits per heavy atom. The Hall–Kier alpha value is -3.39. The van der Waals surface area contributed by atoms with Gasteiger partial charge in [-0.1, -0.05) is 29.5 Å². The van der Waals surface area contributed by atoms with Crippen LogP contribution in [0.25, 0.3) is 17.1 Å². The van der Waals surface area contributed by atoms with E-state index in [2.05, 4.69) is 15.2 Å². The largest absolute Gasteiger partial charge is 0.502 e. The fourth-order valence-corrected chi connectivity index (χ4v) is 3.48. The summed E-state index contributed by atoms with van der Waals surface area (Å²) in [6.45, 7) is 2.03. The van der Waals surface area contributed by atoms with Gasteiger partial charge in [0.2, 0.25) is 5.43 Å². The molecule has 1 N–H and O–H groups in total. The lowest BCUT2D eigenvalue weighted by Crippen LogP contribution is -2.01. The number of aromatic nitrogens is 4. The van der Waals surface area contributed by atoms with Crippen LogP contribution in [0, 0.1) is 6.92 Å². The standard InChI is InChI=1S/C20H16N4O3S/c1-13-2-4-15(5-3-13)24-19(14-6-8-21-9-7-14)22-23-20(24)28-12-16-10-17(25)18(26)11-27-16/h2-11,26H,12H2,1H3. The lowest BCUT2D eigenvalue weighted by atomic mass is 10.2. The molecule has 0 aliphatic heterocycles. The highest BCUT2D eigenvalue weighted by molar-refractivity contribution is 7.98. The van der Waals surface area contributed by atoms with Crippen LogP contribution in [0.4, 0.5) is 0 Å². The van der Waals surface area contributed by atoms with E-state index in [-0.39, 0.29) is 0 Å². The van der Waals surface area contributed by atoms with Crippen LogP contribution in [0.3, 0.4) is 0 Å². The highest BCUT2D eigenvalue weighted by Crippen LogP contribution is 2.29. The molecule has 0 aliphatic carbocycles. The molecule has 0 saturated heterocycles. The van der Waals surface area contributed by atoms with Gasteiger partial charge in [0.1, 0.15) is 12.0 Å². The number of aryl methyl sites for hydroxylation is 1. The summed E-state index contributed by atoms with van der Waals surface area (Å²) >= 11 is 1.39. The molecule has 1 aromatic carbocycles. The van der Waals surface area contributed by atoms with Crippen molar-refractivity contribution in [2.45, 2.75) is 17.8 Å². The summed E-state index contributed by atoms with van der Waals surface area (Å²) in [7, 11) is 0. The van der Waals surface area contributed by atoms with E-state index < -0.39 is 11.2 Å². The van der Waals surface area contributed by atoms with Crippen molar-refractivity contribution < 1.29 is 9.52 Å². The normalized spacial score (nSPS) is 10.9. The van der Waals surface area contributed by atoms with E-state index in [4.69, 9.17) is 4.42 Å². The second kappa shape index (κ2) is 7.69. The smallest absolute Gasteiger partial charge is 0.226 e. The van der Waals surface area contributed by atoms with Crippen LogP contribution in [0.1, 0.15) is 11.3 Å². The van der Waals surface area contributed by atoms with Gasteiger partial charge in [0.15, 0.2) is 16.7 Å². The van der Waals surface area contributed by atoms with Crippen LogP contribution < -0.4 is 5.43 Å². The van der Waals surface area contributed by atoms with Crippen molar-refractivity contribution in [3.05, 3.63) is 82.7 Å². The first-order valence-corrected chi connectivity index (χ1v) is 9.47. The average Bonchev–Trinajstić information content (AvgIpc) is 3.14. The van der Waals surface area contributed by atoms with Crippen LogP contribution >= 0.6 is 11.8 Å². The lowest BCUT2D eigenvalue weighted by molar-refractivity contribution is 0.419. The summed E-state index contributed by atoms with van der Waals surface area (Å²) in [5, 5.41) is 18.7. The molecule has 0 atom stereocenters. The lowest BCUT2D eigenvalue weighted by Gasteiger charge is -2.10. The van der Waals surface area contributed by atoms with Gasteiger partial charge in [-0.25, -0.2) is 0 Å². The van der Waals surface area contributed by atoms with E-state index >= 15 is 0 Å². The van der Waals surface area contributed by atoms with Gasteiger partial charge in [0.25, 0.3) is 0 Å². The van der Waals surface area contributed by atoms with E-state index in [0.717, 1.165) is 23.1 Å². The van der Waals surface area contributed by atoms with Crippen molar-refractivity contribution in [3.63, 3.8) is 0 Å². The van der Waals surface area contributed by atoms with E-state index in [9.17, 15) is 9.90 Å². The SMILES string of the molecule is Cc1ccc(-n2c(SCc3cc(=O)c(O)co3)nnc2-c2ccncc2)cc1. The van der Waals surface area contributed by atoms with Gasteiger partial charge in [-0.2, -0.15) is 0 Å². The monoisotopic (exact) mass is 392 g/mol. The molecule has 8 heteroatoms. The minimum Gasteiger partial charge on any atom is -0.502 e. The van der Waals surface area contributed by atoms with Crippen LogP contribution in [-0.4, -0.2) is 24.9 Å². The third-order valence-electron chi connectivity index (χ3n) is 4.07. The van der Waals surface area contributed by atoms with Gasteiger partial charge in [0, 0.05) is 29.7 Å². The Kier molecular flexibility index (Phi) is 4.94.